The zero-order chi connectivity index (χ0) is 20.3. The second-order valence-corrected chi connectivity index (χ2v) is 10.2. The van der Waals surface area contributed by atoms with Gasteiger partial charge in [0.2, 0.25) is 10.0 Å². The van der Waals surface area contributed by atoms with Gasteiger partial charge in [0.05, 0.1) is 16.5 Å². The highest BCUT2D eigenvalue weighted by Crippen LogP contribution is 2.31. The molecule has 0 aliphatic carbocycles. The van der Waals surface area contributed by atoms with Crippen molar-refractivity contribution in [1.82, 2.24) is 14.6 Å². The number of hydrogen-bond donors (Lipinski definition) is 1. The molecule has 1 aliphatic heterocycles. The molecule has 8 heteroatoms. The fraction of sp³-hybridized carbons (Fsp3) is 0.381. The zero-order valence-electron chi connectivity index (χ0n) is 16.4. The first kappa shape index (κ1) is 20.3. The summed E-state index contributed by atoms with van der Waals surface area (Å²) in [7, 11) is -3.12. The van der Waals surface area contributed by atoms with Gasteiger partial charge in [0, 0.05) is 12.6 Å². The van der Waals surface area contributed by atoms with Crippen molar-refractivity contribution in [2.75, 3.05) is 25.9 Å². The molecule has 0 saturated carbocycles. The molecule has 29 heavy (non-hydrogen) atoms. The lowest BCUT2D eigenvalue weighted by Crippen LogP contribution is -2.44. The molecule has 3 aromatic rings. The molecule has 0 atom stereocenters. The van der Waals surface area contributed by atoms with Crippen molar-refractivity contribution in [3.8, 4) is 10.9 Å². The third kappa shape index (κ3) is 5.76. The fourth-order valence-electron chi connectivity index (χ4n) is 3.58. The number of benzene rings is 2. The lowest BCUT2D eigenvalue weighted by atomic mass is 10.1. The maximum atomic E-state index is 11.3. The summed E-state index contributed by atoms with van der Waals surface area (Å²) in [5.41, 5.74) is 2.22. The van der Waals surface area contributed by atoms with Crippen molar-refractivity contribution < 1.29 is 13.2 Å². The van der Waals surface area contributed by atoms with Gasteiger partial charge in [-0.3, -0.25) is 0 Å². The molecule has 2 aromatic carbocycles. The van der Waals surface area contributed by atoms with Gasteiger partial charge in [0.1, 0.15) is 5.75 Å². The topological polar surface area (TPSA) is 71.5 Å². The molecule has 1 fully saturated rings. The highest BCUT2D eigenvalue weighted by Gasteiger charge is 2.21. The zero-order valence-corrected chi connectivity index (χ0v) is 18.0. The molecular formula is C21H25N3O3S2. The van der Waals surface area contributed by atoms with E-state index in [4.69, 9.17) is 4.74 Å². The van der Waals surface area contributed by atoms with Crippen LogP contribution in [-0.4, -0.2) is 50.2 Å². The Kier molecular flexibility index (Phi) is 6.15. The quantitative estimate of drug-likeness (QED) is 0.618. The molecule has 0 radical (unpaired) electrons. The first-order valence-electron chi connectivity index (χ1n) is 9.77. The monoisotopic (exact) mass is 431 g/mol. The van der Waals surface area contributed by atoms with Crippen molar-refractivity contribution in [2.45, 2.75) is 25.3 Å². The number of thiazole rings is 1. The predicted octanol–water partition coefficient (Wildman–Crippen LogP) is 3.64. The molecule has 154 valence electrons. The van der Waals surface area contributed by atoms with Crippen LogP contribution in [-0.2, 0) is 16.4 Å². The molecule has 0 unspecified atom stereocenters. The van der Waals surface area contributed by atoms with E-state index in [1.54, 1.807) is 11.3 Å². The van der Waals surface area contributed by atoms with Crippen LogP contribution in [0.3, 0.4) is 0 Å². The summed E-state index contributed by atoms with van der Waals surface area (Å²) in [4.78, 5) is 6.90. The van der Waals surface area contributed by atoms with Crippen LogP contribution in [0.4, 0.5) is 0 Å². The molecule has 1 aliphatic rings. The van der Waals surface area contributed by atoms with Gasteiger partial charge in [0.25, 0.3) is 5.19 Å². The normalized spacial score (nSPS) is 16.3. The van der Waals surface area contributed by atoms with Gasteiger partial charge in [0.15, 0.2) is 0 Å². The van der Waals surface area contributed by atoms with Crippen molar-refractivity contribution >= 4 is 31.6 Å². The number of fused-ring (bicyclic) bond motifs is 1. The smallest absolute Gasteiger partial charge is 0.279 e. The van der Waals surface area contributed by atoms with E-state index in [1.807, 2.05) is 36.4 Å². The highest BCUT2D eigenvalue weighted by molar-refractivity contribution is 7.88. The van der Waals surface area contributed by atoms with Gasteiger partial charge >= 0.3 is 0 Å². The number of sulfonamides is 1. The second kappa shape index (κ2) is 8.79. The van der Waals surface area contributed by atoms with Crippen LogP contribution in [0.15, 0.2) is 48.5 Å². The van der Waals surface area contributed by atoms with Crippen LogP contribution >= 0.6 is 11.3 Å². The number of ether oxygens (including phenoxy) is 1. The van der Waals surface area contributed by atoms with Gasteiger partial charge in [-0.1, -0.05) is 35.6 Å². The molecule has 0 spiro atoms. The molecular weight excluding hydrogens is 406 g/mol. The number of para-hydroxylation sites is 1. The molecule has 4 rings (SSSR count). The van der Waals surface area contributed by atoms with Crippen LogP contribution in [0, 0.1) is 0 Å². The Morgan fingerprint density at radius 1 is 1.14 bits per heavy atom. The van der Waals surface area contributed by atoms with Crippen molar-refractivity contribution in [3.63, 3.8) is 0 Å². The molecule has 0 amide bonds. The minimum Gasteiger partial charge on any atom is -0.431 e. The fourth-order valence-corrected chi connectivity index (χ4v) is 5.26. The largest absolute Gasteiger partial charge is 0.431 e. The number of aromatic nitrogens is 1. The van der Waals surface area contributed by atoms with E-state index in [1.165, 1.54) is 11.8 Å². The van der Waals surface area contributed by atoms with Crippen molar-refractivity contribution in [2.24, 2.45) is 0 Å². The predicted molar refractivity (Wildman–Crippen MR) is 117 cm³/mol. The second-order valence-electron chi connectivity index (χ2n) is 7.45. The highest BCUT2D eigenvalue weighted by atomic mass is 32.2. The van der Waals surface area contributed by atoms with Crippen molar-refractivity contribution in [1.29, 1.82) is 0 Å². The van der Waals surface area contributed by atoms with E-state index in [0.717, 1.165) is 54.9 Å². The third-order valence-corrected chi connectivity index (χ3v) is 6.76. The third-order valence-electron chi connectivity index (χ3n) is 5.09. The maximum Gasteiger partial charge on any atom is 0.279 e. The average Bonchev–Trinajstić information content (AvgIpc) is 3.10. The summed E-state index contributed by atoms with van der Waals surface area (Å²) in [6.07, 6.45) is 3.92. The van der Waals surface area contributed by atoms with Crippen molar-refractivity contribution in [3.05, 3.63) is 54.1 Å². The summed E-state index contributed by atoms with van der Waals surface area (Å²) in [6, 6.07) is 16.3. The number of piperidine rings is 1. The number of hydrogen-bond acceptors (Lipinski definition) is 6. The van der Waals surface area contributed by atoms with Gasteiger partial charge in [-0.05, 0) is 62.2 Å². The van der Waals surface area contributed by atoms with Gasteiger partial charge < -0.3 is 9.64 Å². The Morgan fingerprint density at radius 3 is 2.55 bits per heavy atom. The summed E-state index contributed by atoms with van der Waals surface area (Å²) in [5, 5.41) is 0.657. The van der Waals surface area contributed by atoms with E-state index in [0.29, 0.717) is 5.19 Å². The van der Waals surface area contributed by atoms with E-state index in [-0.39, 0.29) is 6.04 Å². The Morgan fingerprint density at radius 2 is 1.86 bits per heavy atom. The number of rotatable bonds is 7. The summed E-state index contributed by atoms with van der Waals surface area (Å²) < 4.78 is 32.4. The first-order chi connectivity index (χ1) is 13.9. The number of nitrogens with zero attached hydrogens (tertiary/aromatic N) is 2. The number of nitrogens with one attached hydrogen (secondary N) is 1. The number of likely N-dealkylation sites (tertiary alicyclic amines) is 1. The minimum absolute atomic E-state index is 0.0696. The van der Waals surface area contributed by atoms with E-state index in [9.17, 15) is 8.42 Å². The SMILES string of the molecule is CS(=O)(=O)NC1CCN(CCc2ccc(Oc3nc4ccccc4s3)cc2)CC1. The molecule has 2 heterocycles. The maximum absolute atomic E-state index is 11.3. The standard InChI is InChI=1S/C21H25N3O3S2/c1-29(25,26)23-17-11-14-24(15-12-17)13-10-16-6-8-18(9-7-16)27-21-22-19-4-2-3-5-20(19)28-21/h2-9,17,23H,10-15H2,1H3. The van der Waals surface area contributed by atoms with Crippen LogP contribution in [0.2, 0.25) is 0 Å². The Bertz CT molecular complexity index is 1020. The van der Waals surface area contributed by atoms with Gasteiger partial charge in [-0.2, -0.15) is 0 Å². The van der Waals surface area contributed by atoms with Crippen LogP contribution < -0.4 is 9.46 Å². The summed E-state index contributed by atoms with van der Waals surface area (Å²) in [6.45, 7) is 2.82. The average molecular weight is 432 g/mol. The van der Waals surface area contributed by atoms with Crippen LogP contribution in [0.25, 0.3) is 10.2 Å². The minimum atomic E-state index is -3.12. The Hall–Kier alpha value is -2.00. The molecule has 1 N–H and O–H groups in total. The molecule has 1 aromatic heterocycles. The van der Waals surface area contributed by atoms with E-state index < -0.39 is 10.0 Å². The first-order valence-corrected chi connectivity index (χ1v) is 12.5. The molecule has 0 bridgehead atoms. The molecule has 6 nitrogen and oxygen atoms in total. The summed E-state index contributed by atoms with van der Waals surface area (Å²) >= 11 is 1.55. The van der Waals surface area contributed by atoms with E-state index >= 15 is 0 Å². The lowest BCUT2D eigenvalue weighted by Gasteiger charge is -2.31. The molecule has 1 saturated heterocycles. The Balaban J connectivity index is 1.26. The van der Waals surface area contributed by atoms with E-state index in [2.05, 4.69) is 26.7 Å². The lowest BCUT2D eigenvalue weighted by molar-refractivity contribution is 0.209. The van der Waals surface area contributed by atoms with Crippen LogP contribution in [0.1, 0.15) is 18.4 Å². The van der Waals surface area contributed by atoms with Gasteiger partial charge in [-0.25, -0.2) is 18.1 Å². The van der Waals surface area contributed by atoms with Crippen LogP contribution in [0.5, 0.6) is 10.9 Å². The Labute approximate surface area is 175 Å². The summed E-state index contributed by atoms with van der Waals surface area (Å²) in [5.74, 6) is 0.792. The van der Waals surface area contributed by atoms with Gasteiger partial charge in [-0.15, -0.1) is 0 Å².